The summed E-state index contributed by atoms with van der Waals surface area (Å²) >= 11 is 0. The Kier molecular flexibility index (Phi) is 5.52. The fraction of sp³-hybridized carbons (Fsp3) is 0.474. The summed E-state index contributed by atoms with van der Waals surface area (Å²) in [5, 5.41) is 9.82. The van der Waals surface area contributed by atoms with Crippen molar-refractivity contribution in [3.05, 3.63) is 30.7 Å². The fourth-order valence-electron chi connectivity index (χ4n) is 3.55. The van der Waals surface area contributed by atoms with Crippen molar-refractivity contribution < 1.29 is 4.79 Å². The maximum absolute atomic E-state index is 12.2. The zero-order valence-electron chi connectivity index (χ0n) is 15.2. The minimum absolute atomic E-state index is 0.0640. The molecule has 2 atom stereocenters. The van der Waals surface area contributed by atoms with E-state index in [4.69, 9.17) is 5.26 Å². The Hall–Kier alpha value is -2.88. The maximum Gasteiger partial charge on any atom is 0.236 e. The molecule has 1 aliphatic heterocycles. The molecule has 1 amide bonds. The number of hydrogen-bond acceptors (Lipinski definition) is 5. The molecular formula is C19H24N6O. The highest BCUT2D eigenvalue weighted by Crippen LogP contribution is 2.30. The molecule has 0 bridgehead atoms. The molecule has 1 aliphatic rings. The van der Waals surface area contributed by atoms with Gasteiger partial charge in [0.15, 0.2) is 0 Å². The first-order valence-corrected chi connectivity index (χ1v) is 8.96. The van der Waals surface area contributed by atoms with Gasteiger partial charge in [-0.25, -0.2) is 9.97 Å². The molecule has 0 saturated carbocycles. The van der Waals surface area contributed by atoms with Gasteiger partial charge in [-0.2, -0.15) is 5.26 Å². The molecule has 7 nitrogen and oxygen atoms in total. The second-order valence-electron chi connectivity index (χ2n) is 6.67. The lowest BCUT2D eigenvalue weighted by Crippen LogP contribution is -2.54. The maximum atomic E-state index is 12.2. The van der Waals surface area contributed by atoms with Gasteiger partial charge in [-0.1, -0.05) is 19.1 Å². The molecule has 136 valence electrons. The van der Waals surface area contributed by atoms with Gasteiger partial charge in [-0.3, -0.25) is 4.79 Å². The molecule has 2 aromatic heterocycles. The van der Waals surface area contributed by atoms with Crippen molar-refractivity contribution in [1.82, 2.24) is 19.9 Å². The van der Waals surface area contributed by atoms with Gasteiger partial charge in [-0.15, -0.1) is 0 Å². The summed E-state index contributed by atoms with van der Waals surface area (Å²) in [4.78, 5) is 28.3. The van der Waals surface area contributed by atoms with Crippen molar-refractivity contribution in [2.24, 2.45) is 5.92 Å². The normalized spacial score (nSPS) is 20.4. The monoisotopic (exact) mass is 352 g/mol. The van der Waals surface area contributed by atoms with E-state index in [0.29, 0.717) is 25.6 Å². The van der Waals surface area contributed by atoms with E-state index in [1.165, 1.54) is 0 Å². The van der Waals surface area contributed by atoms with Gasteiger partial charge in [0, 0.05) is 25.8 Å². The number of aromatic amines is 1. The number of nitriles is 1. The summed E-state index contributed by atoms with van der Waals surface area (Å²) in [6, 6.07) is 4.09. The number of hydrogen-bond donors (Lipinski definition) is 1. The summed E-state index contributed by atoms with van der Waals surface area (Å²) in [6.45, 7) is 6.24. The molecule has 1 fully saturated rings. The smallest absolute Gasteiger partial charge is 0.236 e. The van der Waals surface area contributed by atoms with Crippen LogP contribution in [-0.2, 0) is 4.79 Å². The molecule has 3 rings (SSSR count). The van der Waals surface area contributed by atoms with Crippen LogP contribution >= 0.6 is 0 Å². The Labute approximate surface area is 153 Å². The molecule has 1 saturated heterocycles. The zero-order chi connectivity index (χ0) is 18.5. The summed E-state index contributed by atoms with van der Waals surface area (Å²) < 4.78 is 0. The lowest BCUT2D eigenvalue weighted by atomic mass is 9.91. The van der Waals surface area contributed by atoms with E-state index in [1.54, 1.807) is 6.33 Å². The number of rotatable bonds is 5. The third-order valence-corrected chi connectivity index (χ3v) is 5.04. The zero-order valence-corrected chi connectivity index (χ0v) is 15.2. The van der Waals surface area contributed by atoms with Gasteiger partial charge in [-0.05, 0) is 25.3 Å². The Morgan fingerprint density at radius 3 is 3.15 bits per heavy atom. The average molecular weight is 352 g/mol. The van der Waals surface area contributed by atoms with Crippen LogP contribution in [0.3, 0.4) is 0 Å². The summed E-state index contributed by atoms with van der Waals surface area (Å²) in [7, 11) is 0. The first kappa shape index (κ1) is 17.9. The van der Waals surface area contributed by atoms with Gasteiger partial charge in [0.05, 0.1) is 17.5 Å². The Morgan fingerprint density at radius 1 is 1.54 bits per heavy atom. The molecule has 0 aromatic carbocycles. The number of aromatic nitrogens is 3. The van der Waals surface area contributed by atoms with Gasteiger partial charge in [0.1, 0.15) is 24.2 Å². The van der Waals surface area contributed by atoms with Gasteiger partial charge >= 0.3 is 0 Å². The third-order valence-electron chi connectivity index (χ3n) is 5.04. The molecule has 26 heavy (non-hydrogen) atoms. The standard InChI is InChI=1S/C19H24N6O/c1-3-4-10-25(19-15-6-9-21-18(15)22-13-23-19)16-12-24(11-7-14(16)2)17(26)5-8-20/h3-4,6,9,13-14,16H,5,7,10-12H2,1-2H3,(H,21,22,23)/b4-3+/t14-,16?/m1/s1. The lowest BCUT2D eigenvalue weighted by Gasteiger charge is -2.43. The van der Waals surface area contributed by atoms with E-state index in [9.17, 15) is 4.79 Å². The molecule has 0 spiro atoms. The number of nitrogens with zero attached hydrogens (tertiary/aromatic N) is 5. The first-order valence-electron chi connectivity index (χ1n) is 8.96. The number of carbonyl (C=O) groups excluding carboxylic acids is 1. The Bertz CT molecular complexity index is 836. The molecule has 7 heteroatoms. The van der Waals surface area contributed by atoms with Crippen molar-refractivity contribution in [2.75, 3.05) is 24.5 Å². The largest absolute Gasteiger partial charge is 0.347 e. The Balaban J connectivity index is 1.94. The number of fused-ring (bicyclic) bond motifs is 1. The van der Waals surface area contributed by atoms with Crippen LogP contribution in [0, 0.1) is 17.2 Å². The van der Waals surface area contributed by atoms with Gasteiger partial charge < -0.3 is 14.8 Å². The van der Waals surface area contributed by atoms with E-state index in [0.717, 1.165) is 23.3 Å². The molecule has 0 aliphatic carbocycles. The van der Waals surface area contributed by atoms with E-state index < -0.39 is 0 Å². The topological polar surface area (TPSA) is 88.9 Å². The van der Waals surface area contributed by atoms with Crippen LogP contribution in [0.1, 0.15) is 26.7 Å². The van der Waals surface area contributed by atoms with Gasteiger partial charge in [0.25, 0.3) is 0 Å². The number of H-pyrrole nitrogens is 1. The van der Waals surface area contributed by atoms with E-state index in [-0.39, 0.29) is 18.4 Å². The molecular weight excluding hydrogens is 328 g/mol. The lowest BCUT2D eigenvalue weighted by molar-refractivity contribution is -0.131. The van der Waals surface area contributed by atoms with Crippen LogP contribution in [0.25, 0.3) is 11.0 Å². The van der Waals surface area contributed by atoms with Gasteiger partial charge in [0.2, 0.25) is 5.91 Å². The number of carbonyl (C=O) groups is 1. The number of amides is 1. The fourth-order valence-corrected chi connectivity index (χ4v) is 3.55. The van der Waals surface area contributed by atoms with Crippen molar-refractivity contribution in [1.29, 1.82) is 5.26 Å². The van der Waals surface area contributed by atoms with E-state index in [1.807, 2.05) is 36.2 Å². The third kappa shape index (κ3) is 3.54. The molecule has 0 radical (unpaired) electrons. The van der Waals surface area contributed by atoms with Crippen molar-refractivity contribution >= 4 is 22.8 Å². The summed E-state index contributed by atoms with van der Waals surface area (Å²) in [5.41, 5.74) is 0.807. The number of nitrogens with one attached hydrogen (secondary N) is 1. The molecule has 2 aromatic rings. The minimum Gasteiger partial charge on any atom is -0.347 e. The summed E-state index contributed by atoms with van der Waals surface area (Å²) in [6.07, 6.45) is 8.41. The first-order chi connectivity index (χ1) is 12.7. The average Bonchev–Trinajstić information content (AvgIpc) is 3.13. The van der Waals surface area contributed by atoms with Crippen LogP contribution in [0.2, 0.25) is 0 Å². The van der Waals surface area contributed by atoms with Crippen LogP contribution in [-0.4, -0.2) is 51.4 Å². The van der Waals surface area contributed by atoms with Crippen molar-refractivity contribution in [3.63, 3.8) is 0 Å². The number of anilines is 1. The van der Waals surface area contributed by atoms with Crippen molar-refractivity contribution in [3.8, 4) is 6.07 Å². The van der Waals surface area contributed by atoms with Crippen LogP contribution in [0.15, 0.2) is 30.7 Å². The number of allylic oxidation sites excluding steroid dienone is 1. The van der Waals surface area contributed by atoms with Crippen molar-refractivity contribution in [2.45, 2.75) is 32.7 Å². The van der Waals surface area contributed by atoms with E-state index in [2.05, 4.69) is 32.9 Å². The molecule has 1 unspecified atom stereocenters. The number of likely N-dealkylation sites (tertiary alicyclic amines) is 1. The van der Waals surface area contributed by atoms with Crippen LogP contribution in [0.5, 0.6) is 0 Å². The highest BCUT2D eigenvalue weighted by molar-refractivity contribution is 5.87. The second kappa shape index (κ2) is 8.00. The second-order valence-corrected chi connectivity index (χ2v) is 6.67. The van der Waals surface area contributed by atoms with E-state index >= 15 is 0 Å². The number of piperidine rings is 1. The molecule has 3 heterocycles. The minimum atomic E-state index is -0.0927. The molecule has 1 N–H and O–H groups in total. The predicted octanol–water partition coefficient (Wildman–Crippen LogP) is 2.49. The highest BCUT2D eigenvalue weighted by atomic mass is 16.2. The Morgan fingerprint density at radius 2 is 2.38 bits per heavy atom. The quantitative estimate of drug-likeness (QED) is 0.835. The van der Waals surface area contributed by atoms with Crippen LogP contribution in [0.4, 0.5) is 5.82 Å². The SMILES string of the molecule is C/C=C/CN(c1ncnc2[nH]ccc12)C1CN(C(=O)CC#N)CC[C@H]1C. The predicted molar refractivity (Wildman–Crippen MR) is 100 cm³/mol. The van der Waals surface area contributed by atoms with Crippen LogP contribution < -0.4 is 4.90 Å². The summed E-state index contributed by atoms with van der Waals surface area (Å²) in [5.74, 6) is 1.20. The highest BCUT2D eigenvalue weighted by Gasteiger charge is 2.33.